The van der Waals surface area contributed by atoms with Gasteiger partial charge in [-0.1, -0.05) is 12.1 Å². The van der Waals surface area contributed by atoms with Crippen LogP contribution in [-0.2, 0) is 10.0 Å². The predicted octanol–water partition coefficient (Wildman–Crippen LogP) is 2.81. The van der Waals surface area contributed by atoms with Crippen molar-refractivity contribution in [2.45, 2.75) is 56.7 Å². The Hall–Kier alpha value is -2.72. The van der Waals surface area contributed by atoms with E-state index in [1.54, 1.807) is 18.2 Å². The van der Waals surface area contributed by atoms with Crippen molar-refractivity contribution in [2.75, 3.05) is 23.7 Å². The molecule has 0 bridgehead atoms. The second-order valence-corrected chi connectivity index (χ2v) is 11.2. The van der Waals surface area contributed by atoms with E-state index in [-0.39, 0.29) is 10.8 Å². The number of aromatic nitrogens is 2. The number of anilines is 3. The molecule has 2 aliphatic rings. The number of hydrogen-bond acceptors (Lipinski definition) is 7. The summed E-state index contributed by atoms with van der Waals surface area (Å²) in [5.74, 6) is 0.620. The first-order valence-corrected chi connectivity index (χ1v) is 12.5. The van der Waals surface area contributed by atoms with Crippen molar-refractivity contribution >= 4 is 33.4 Å². The summed E-state index contributed by atoms with van der Waals surface area (Å²) in [4.78, 5) is 20.3. The van der Waals surface area contributed by atoms with Crippen molar-refractivity contribution in [3.63, 3.8) is 0 Å². The van der Waals surface area contributed by atoms with E-state index in [1.807, 2.05) is 12.1 Å². The number of nitrogens with one attached hydrogen (secondary N) is 2. The highest BCUT2D eigenvalue weighted by Crippen LogP contribution is 2.31. The van der Waals surface area contributed by atoms with Crippen LogP contribution in [0.4, 0.5) is 17.5 Å². The second kappa shape index (κ2) is 9.03. The molecule has 0 unspecified atom stereocenters. The summed E-state index contributed by atoms with van der Waals surface area (Å²) in [5.41, 5.74) is 7.74. The lowest BCUT2D eigenvalue weighted by molar-refractivity contribution is 0.100. The van der Waals surface area contributed by atoms with E-state index in [0.29, 0.717) is 36.8 Å². The summed E-state index contributed by atoms with van der Waals surface area (Å²) >= 11 is 0. The van der Waals surface area contributed by atoms with E-state index in [0.717, 1.165) is 31.4 Å². The van der Waals surface area contributed by atoms with Gasteiger partial charge in [-0.05, 0) is 63.1 Å². The number of sulfonamides is 1. The molecular formula is C22H30N6O3S. The van der Waals surface area contributed by atoms with Gasteiger partial charge >= 0.3 is 0 Å². The maximum absolute atomic E-state index is 12.4. The van der Waals surface area contributed by atoms with Crippen LogP contribution in [0.3, 0.4) is 0 Å². The molecule has 0 atom stereocenters. The third kappa shape index (κ3) is 5.02. The average molecular weight is 459 g/mol. The zero-order chi connectivity index (χ0) is 22.9. The number of piperidine rings is 1. The lowest BCUT2D eigenvalue weighted by Crippen LogP contribution is -2.41. The molecule has 1 amide bonds. The van der Waals surface area contributed by atoms with Crippen LogP contribution in [-0.4, -0.2) is 53.0 Å². The summed E-state index contributed by atoms with van der Waals surface area (Å²) in [6.45, 7) is 4.57. The fourth-order valence-corrected chi connectivity index (χ4v) is 5.18. The average Bonchev–Trinajstić information content (AvgIpc) is 3.58. The Bertz CT molecular complexity index is 1080. The Morgan fingerprint density at radius 2 is 1.78 bits per heavy atom. The Morgan fingerprint density at radius 1 is 1.12 bits per heavy atom. The van der Waals surface area contributed by atoms with Gasteiger partial charge in [0, 0.05) is 31.0 Å². The molecule has 172 valence electrons. The van der Waals surface area contributed by atoms with Crippen LogP contribution in [0.2, 0.25) is 0 Å². The Kier molecular flexibility index (Phi) is 6.34. The molecule has 2 aromatic rings. The molecule has 1 aliphatic heterocycles. The maximum atomic E-state index is 12.4. The van der Waals surface area contributed by atoms with Gasteiger partial charge in [-0.25, -0.2) is 17.7 Å². The first kappa shape index (κ1) is 22.5. The molecule has 0 spiro atoms. The van der Waals surface area contributed by atoms with E-state index in [9.17, 15) is 13.2 Å². The van der Waals surface area contributed by atoms with Gasteiger partial charge in [-0.15, -0.1) is 0 Å². The predicted molar refractivity (Wildman–Crippen MR) is 125 cm³/mol. The molecule has 1 aromatic carbocycles. The van der Waals surface area contributed by atoms with Gasteiger partial charge in [0.25, 0.3) is 5.91 Å². The van der Waals surface area contributed by atoms with Crippen LogP contribution in [0.15, 0.2) is 30.5 Å². The summed E-state index contributed by atoms with van der Waals surface area (Å²) in [5, 5.41) is 6.01. The van der Waals surface area contributed by atoms with Crippen LogP contribution in [0.1, 0.15) is 61.4 Å². The number of benzene rings is 1. The summed E-state index contributed by atoms with van der Waals surface area (Å²) in [6.07, 6.45) is 5.17. The molecule has 4 N–H and O–H groups in total. The monoisotopic (exact) mass is 458 g/mol. The van der Waals surface area contributed by atoms with Gasteiger partial charge in [0.05, 0.1) is 10.8 Å². The van der Waals surface area contributed by atoms with Crippen molar-refractivity contribution in [1.29, 1.82) is 0 Å². The molecule has 2 heterocycles. The molecule has 1 saturated carbocycles. The Morgan fingerprint density at radius 3 is 2.34 bits per heavy atom. The van der Waals surface area contributed by atoms with Crippen LogP contribution in [0.5, 0.6) is 0 Å². The SMILES string of the molecule is CC(C)S(=O)(=O)N1CCC(c2ccc(Nc3ncc(C(N)=O)c(NC4CC4)n3)cc2)CC1. The lowest BCUT2D eigenvalue weighted by Gasteiger charge is -2.32. The Labute approximate surface area is 188 Å². The number of carbonyl (C=O) groups is 1. The second-order valence-electron chi connectivity index (χ2n) is 8.75. The van der Waals surface area contributed by atoms with E-state index >= 15 is 0 Å². The third-order valence-electron chi connectivity index (χ3n) is 6.02. The van der Waals surface area contributed by atoms with Gasteiger partial charge < -0.3 is 16.4 Å². The summed E-state index contributed by atoms with van der Waals surface area (Å²) < 4.78 is 26.3. The quantitative estimate of drug-likeness (QED) is 0.554. The maximum Gasteiger partial charge on any atom is 0.254 e. The lowest BCUT2D eigenvalue weighted by atomic mass is 9.90. The number of nitrogens with two attached hydrogens (primary N) is 1. The minimum atomic E-state index is -3.19. The smallest absolute Gasteiger partial charge is 0.254 e. The van der Waals surface area contributed by atoms with Crippen molar-refractivity contribution in [1.82, 2.24) is 14.3 Å². The minimum absolute atomic E-state index is 0.281. The molecular weight excluding hydrogens is 428 g/mol. The molecule has 1 aliphatic carbocycles. The molecule has 10 heteroatoms. The number of amides is 1. The molecule has 9 nitrogen and oxygen atoms in total. The zero-order valence-corrected chi connectivity index (χ0v) is 19.2. The molecule has 0 radical (unpaired) electrons. The van der Waals surface area contributed by atoms with Crippen LogP contribution >= 0.6 is 0 Å². The number of rotatable bonds is 8. The van der Waals surface area contributed by atoms with Crippen molar-refractivity contribution < 1.29 is 13.2 Å². The van der Waals surface area contributed by atoms with Gasteiger partial charge in [-0.3, -0.25) is 4.79 Å². The first-order valence-electron chi connectivity index (χ1n) is 11.0. The van der Waals surface area contributed by atoms with E-state index < -0.39 is 15.9 Å². The molecule has 4 rings (SSSR count). The molecule has 1 saturated heterocycles. The van der Waals surface area contributed by atoms with Gasteiger partial charge in [0.1, 0.15) is 5.82 Å². The standard InChI is InChI=1S/C22H30N6O3S/c1-14(2)32(30,31)28-11-9-16(10-12-28)15-3-5-18(6-4-15)26-22-24-13-19(20(23)29)21(27-22)25-17-7-8-17/h3-6,13-14,16-17H,7-12H2,1-2H3,(H2,23,29)(H2,24,25,26,27). The van der Waals surface area contributed by atoms with Gasteiger partial charge in [-0.2, -0.15) is 4.98 Å². The van der Waals surface area contributed by atoms with Crippen molar-refractivity contribution in [2.24, 2.45) is 5.73 Å². The van der Waals surface area contributed by atoms with Crippen LogP contribution < -0.4 is 16.4 Å². The zero-order valence-electron chi connectivity index (χ0n) is 18.4. The highest BCUT2D eigenvalue weighted by Gasteiger charge is 2.30. The highest BCUT2D eigenvalue weighted by molar-refractivity contribution is 7.89. The van der Waals surface area contributed by atoms with E-state index in [2.05, 4.69) is 32.7 Å². The minimum Gasteiger partial charge on any atom is -0.367 e. The third-order valence-corrected chi connectivity index (χ3v) is 8.30. The fraction of sp³-hybridized carbons (Fsp3) is 0.500. The Balaban J connectivity index is 1.40. The van der Waals surface area contributed by atoms with Crippen LogP contribution in [0, 0.1) is 0 Å². The molecule has 2 fully saturated rings. The molecule has 1 aromatic heterocycles. The van der Waals surface area contributed by atoms with E-state index in [4.69, 9.17) is 5.73 Å². The van der Waals surface area contributed by atoms with Crippen LogP contribution in [0.25, 0.3) is 0 Å². The largest absolute Gasteiger partial charge is 0.367 e. The van der Waals surface area contributed by atoms with E-state index in [1.165, 1.54) is 11.8 Å². The number of primary amides is 1. The van der Waals surface area contributed by atoms with Crippen molar-refractivity contribution in [3.8, 4) is 0 Å². The number of nitrogens with zero attached hydrogens (tertiary/aromatic N) is 3. The number of hydrogen-bond donors (Lipinski definition) is 3. The summed E-state index contributed by atoms with van der Waals surface area (Å²) in [6, 6.07) is 8.37. The fourth-order valence-electron chi connectivity index (χ4n) is 3.86. The van der Waals surface area contributed by atoms with Gasteiger partial charge in [0.2, 0.25) is 16.0 Å². The molecule has 32 heavy (non-hydrogen) atoms. The number of carbonyl (C=O) groups excluding carboxylic acids is 1. The van der Waals surface area contributed by atoms with Gasteiger partial charge in [0.15, 0.2) is 0 Å². The summed E-state index contributed by atoms with van der Waals surface area (Å²) in [7, 11) is -3.19. The normalized spacial score (nSPS) is 18.0. The van der Waals surface area contributed by atoms with Crippen molar-refractivity contribution in [3.05, 3.63) is 41.6 Å². The first-order chi connectivity index (χ1) is 15.2. The topological polar surface area (TPSA) is 130 Å². The highest BCUT2D eigenvalue weighted by atomic mass is 32.2.